The molecule has 4 aromatic rings. The monoisotopic (exact) mass is 388 g/mol. The van der Waals surface area contributed by atoms with Gasteiger partial charge in [-0.25, -0.2) is 0 Å². The minimum Gasteiger partial charge on any atom is -0.491 e. The van der Waals surface area contributed by atoms with E-state index in [0.717, 1.165) is 39.4 Å². The third kappa shape index (κ3) is 3.44. The SMILES string of the molecule is CCCOc1ccc(NC(=O)c2oc3cc(C)c(C)cc3c2C)c2cccnc12. The van der Waals surface area contributed by atoms with Crippen LogP contribution in [0.1, 0.15) is 40.6 Å². The second-order valence-corrected chi connectivity index (χ2v) is 7.30. The molecule has 0 aliphatic heterocycles. The van der Waals surface area contributed by atoms with Gasteiger partial charge in [-0.3, -0.25) is 9.78 Å². The average molecular weight is 388 g/mol. The van der Waals surface area contributed by atoms with E-state index in [9.17, 15) is 4.79 Å². The number of ether oxygens (including phenoxy) is 1. The fourth-order valence-electron chi connectivity index (χ4n) is 3.46. The fourth-order valence-corrected chi connectivity index (χ4v) is 3.46. The van der Waals surface area contributed by atoms with Gasteiger partial charge < -0.3 is 14.5 Å². The van der Waals surface area contributed by atoms with Crippen molar-refractivity contribution in [3.05, 3.63) is 65.0 Å². The molecule has 0 bridgehead atoms. The van der Waals surface area contributed by atoms with Crippen molar-refractivity contribution < 1.29 is 13.9 Å². The zero-order valence-electron chi connectivity index (χ0n) is 17.1. The molecule has 0 unspecified atom stereocenters. The summed E-state index contributed by atoms with van der Waals surface area (Å²) in [6, 6.07) is 11.5. The van der Waals surface area contributed by atoms with Gasteiger partial charge in [-0.2, -0.15) is 0 Å². The van der Waals surface area contributed by atoms with Crippen molar-refractivity contribution in [3.63, 3.8) is 0 Å². The molecule has 2 aromatic heterocycles. The number of nitrogens with zero attached hydrogens (tertiary/aromatic N) is 1. The first kappa shape index (κ1) is 19.0. The summed E-state index contributed by atoms with van der Waals surface area (Å²) in [5, 5.41) is 4.78. The smallest absolute Gasteiger partial charge is 0.291 e. The van der Waals surface area contributed by atoms with Crippen LogP contribution in [0, 0.1) is 20.8 Å². The molecule has 0 aliphatic carbocycles. The molecule has 0 radical (unpaired) electrons. The number of pyridine rings is 1. The second-order valence-electron chi connectivity index (χ2n) is 7.30. The Labute approximate surface area is 169 Å². The standard InChI is InChI=1S/C24H24N2O3/c1-5-11-28-20-9-8-19(17-7-6-10-25-22(17)20)26-24(27)23-16(4)18-12-14(2)15(3)13-21(18)29-23/h6-10,12-13H,5,11H2,1-4H3,(H,26,27). The summed E-state index contributed by atoms with van der Waals surface area (Å²) >= 11 is 0. The van der Waals surface area contributed by atoms with E-state index in [4.69, 9.17) is 9.15 Å². The van der Waals surface area contributed by atoms with Crippen molar-refractivity contribution in [2.24, 2.45) is 0 Å². The number of aryl methyl sites for hydroxylation is 3. The first-order valence-electron chi connectivity index (χ1n) is 9.81. The molecular weight excluding hydrogens is 364 g/mol. The van der Waals surface area contributed by atoms with Crippen LogP contribution >= 0.6 is 0 Å². The van der Waals surface area contributed by atoms with Crippen LogP contribution in [-0.4, -0.2) is 17.5 Å². The molecule has 0 saturated heterocycles. The van der Waals surface area contributed by atoms with E-state index in [1.165, 1.54) is 5.56 Å². The zero-order chi connectivity index (χ0) is 20.5. The fraction of sp³-hybridized carbons (Fsp3) is 0.250. The Balaban J connectivity index is 1.71. The Kier molecular flexibility index (Phi) is 4.97. The van der Waals surface area contributed by atoms with Crippen molar-refractivity contribution >= 4 is 33.5 Å². The van der Waals surface area contributed by atoms with Gasteiger partial charge in [0.15, 0.2) is 5.76 Å². The number of rotatable bonds is 5. The molecular formula is C24H24N2O3. The van der Waals surface area contributed by atoms with Gasteiger partial charge in [-0.15, -0.1) is 0 Å². The number of carbonyl (C=O) groups is 1. The van der Waals surface area contributed by atoms with E-state index in [1.54, 1.807) is 6.20 Å². The van der Waals surface area contributed by atoms with E-state index in [1.807, 2.05) is 44.2 Å². The molecule has 0 atom stereocenters. The lowest BCUT2D eigenvalue weighted by Gasteiger charge is -2.12. The summed E-state index contributed by atoms with van der Waals surface area (Å²) in [5.41, 5.74) is 5.28. The molecule has 29 heavy (non-hydrogen) atoms. The second kappa shape index (κ2) is 7.59. The molecule has 0 saturated carbocycles. The molecule has 148 valence electrons. The van der Waals surface area contributed by atoms with Crippen LogP contribution in [0.25, 0.3) is 21.9 Å². The Morgan fingerprint density at radius 1 is 1.10 bits per heavy atom. The lowest BCUT2D eigenvalue weighted by molar-refractivity contribution is 0.0998. The lowest BCUT2D eigenvalue weighted by Crippen LogP contribution is -2.12. The molecule has 4 rings (SSSR count). The number of benzene rings is 2. The maximum Gasteiger partial charge on any atom is 0.291 e. The van der Waals surface area contributed by atoms with Crippen molar-refractivity contribution in [1.82, 2.24) is 4.98 Å². The summed E-state index contributed by atoms with van der Waals surface area (Å²) in [4.78, 5) is 17.5. The molecule has 1 N–H and O–H groups in total. The van der Waals surface area contributed by atoms with Crippen molar-refractivity contribution in [3.8, 4) is 5.75 Å². The molecule has 1 amide bonds. The highest BCUT2D eigenvalue weighted by molar-refractivity contribution is 6.10. The van der Waals surface area contributed by atoms with Crippen molar-refractivity contribution in [2.45, 2.75) is 34.1 Å². The highest BCUT2D eigenvalue weighted by Crippen LogP contribution is 2.32. The molecule has 2 aromatic carbocycles. The topological polar surface area (TPSA) is 64.4 Å². The van der Waals surface area contributed by atoms with Crippen LogP contribution in [-0.2, 0) is 0 Å². The van der Waals surface area contributed by atoms with Gasteiger partial charge in [0.25, 0.3) is 5.91 Å². The van der Waals surface area contributed by atoms with Crippen molar-refractivity contribution in [2.75, 3.05) is 11.9 Å². The number of nitrogens with one attached hydrogen (secondary N) is 1. The maximum atomic E-state index is 13.0. The van der Waals surface area contributed by atoms with Gasteiger partial charge in [0.2, 0.25) is 0 Å². The highest BCUT2D eigenvalue weighted by Gasteiger charge is 2.20. The quantitative estimate of drug-likeness (QED) is 0.459. The number of hydrogen-bond acceptors (Lipinski definition) is 4. The van der Waals surface area contributed by atoms with Crippen LogP contribution in [0.15, 0.2) is 47.0 Å². The first-order chi connectivity index (χ1) is 14.0. The Bertz CT molecular complexity index is 1220. The number of amides is 1. The summed E-state index contributed by atoms with van der Waals surface area (Å²) in [7, 11) is 0. The average Bonchev–Trinajstić information content (AvgIpc) is 3.03. The number of carbonyl (C=O) groups excluding carboxylic acids is 1. The molecule has 0 spiro atoms. The zero-order valence-corrected chi connectivity index (χ0v) is 17.1. The Morgan fingerprint density at radius 3 is 2.69 bits per heavy atom. The number of furan rings is 1. The van der Waals surface area contributed by atoms with E-state index < -0.39 is 0 Å². The minimum absolute atomic E-state index is 0.276. The van der Waals surface area contributed by atoms with Gasteiger partial charge in [-0.1, -0.05) is 6.92 Å². The summed E-state index contributed by atoms with van der Waals surface area (Å²) in [6.07, 6.45) is 2.64. The molecule has 5 heteroatoms. The number of aromatic nitrogens is 1. The highest BCUT2D eigenvalue weighted by atomic mass is 16.5. The van der Waals surface area contributed by atoms with Crippen LogP contribution in [0.4, 0.5) is 5.69 Å². The molecule has 0 fully saturated rings. The Morgan fingerprint density at radius 2 is 1.90 bits per heavy atom. The largest absolute Gasteiger partial charge is 0.491 e. The Hall–Kier alpha value is -3.34. The number of anilines is 1. The van der Waals surface area contributed by atoms with Gasteiger partial charge in [0, 0.05) is 22.5 Å². The van der Waals surface area contributed by atoms with Crippen LogP contribution in [0.5, 0.6) is 5.75 Å². The van der Waals surface area contributed by atoms with Crippen molar-refractivity contribution in [1.29, 1.82) is 0 Å². The van der Waals surface area contributed by atoms with E-state index in [0.29, 0.717) is 23.8 Å². The van der Waals surface area contributed by atoms with Crippen LogP contribution in [0.2, 0.25) is 0 Å². The minimum atomic E-state index is -0.276. The normalized spacial score (nSPS) is 11.2. The van der Waals surface area contributed by atoms with Gasteiger partial charge in [0.1, 0.15) is 16.8 Å². The molecule has 5 nitrogen and oxygen atoms in total. The maximum absolute atomic E-state index is 13.0. The van der Waals surface area contributed by atoms with E-state index in [-0.39, 0.29) is 5.91 Å². The summed E-state index contributed by atoms with van der Waals surface area (Å²) in [6.45, 7) is 8.68. The van der Waals surface area contributed by atoms with Gasteiger partial charge in [-0.05, 0) is 74.7 Å². The van der Waals surface area contributed by atoms with E-state index >= 15 is 0 Å². The number of hydrogen-bond donors (Lipinski definition) is 1. The lowest BCUT2D eigenvalue weighted by atomic mass is 10.0. The third-order valence-electron chi connectivity index (χ3n) is 5.20. The third-order valence-corrected chi connectivity index (χ3v) is 5.20. The summed E-state index contributed by atoms with van der Waals surface area (Å²) < 4.78 is 11.7. The van der Waals surface area contributed by atoms with E-state index in [2.05, 4.69) is 30.2 Å². The molecule has 2 heterocycles. The molecule has 0 aliphatic rings. The number of fused-ring (bicyclic) bond motifs is 2. The van der Waals surface area contributed by atoms with Gasteiger partial charge in [0.05, 0.1) is 12.3 Å². The van der Waals surface area contributed by atoms with Crippen LogP contribution < -0.4 is 10.1 Å². The predicted octanol–water partition coefficient (Wildman–Crippen LogP) is 5.95. The predicted molar refractivity (Wildman–Crippen MR) is 116 cm³/mol. The summed E-state index contributed by atoms with van der Waals surface area (Å²) in [5.74, 6) is 0.765. The van der Waals surface area contributed by atoms with Crippen LogP contribution in [0.3, 0.4) is 0 Å². The van der Waals surface area contributed by atoms with Gasteiger partial charge >= 0.3 is 0 Å². The first-order valence-corrected chi connectivity index (χ1v) is 9.81.